The van der Waals surface area contributed by atoms with E-state index in [1.807, 2.05) is 0 Å². The molecular weight excluding hydrogens is 250 g/mol. The lowest BCUT2D eigenvalue weighted by atomic mass is 10.0. The lowest BCUT2D eigenvalue weighted by molar-refractivity contribution is 0.0111. The second-order valence-electron chi connectivity index (χ2n) is 4.84. The molecule has 1 aromatic heterocycles. The molecule has 0 bridgehead atoms. The van der Waals surface area contributed by atoms with Crippen LogP contribution in [-0.2, 0) is 23.6 Å². The minimum absolute atomic E-state index is 0.407. The number of ether oxygens (including phenoxy) is 1. The standard InChI is InChI=1S/C13H22ClN3O/c1-2-8-17-12(15-16-13(17)10-14)7-6-11-5-3-4-9-18-11/h11H,2-10H2,1H3. The average Bonchev–Trinajstić information content (AvgIpc) is 2.80. The fourth-order valence-electron chi connectivity index (χ4n) is 2.46. The van der Waals surface area contributed by atoms with Crippen LogP contribution in [0.25, 0.3) is 0 Å². The van der Waals surface area contributed by atoms with E-state index < -0.39 is 0 Å². The smallest absolute Gasteiger partial charge is 0.147 e. The Morgan fingerprint density at radius 3 is 2.83 bits per heavy atom. The molecule has 1 aliphatic rings. The molecule has 5 heteroatoms. The van der Waals surface area contributed by atoms with E-state index in [1.165, 1.54) is 19.3 Å². The van der Waals surface area contributed by atoms with Crippen LogP contribution in [0.3, 0.4) is 0 Å². The summed E-state index contributed by atoms with van der Waals surface area (Å²) in [6.07, 6.45) is 7.15. The number of rotatable bonds is 6. The lowest BCUT2D eigenvalue weighted by Gasteiger charge is -2.22. The molecule has 2 rings (SSSR count). The first-order valence-corrected chi connectivity index (χ1v) is 7.47. The van der Waals surface area contributed by atoms with E-state index in [1.54, 1.807) is 0 Å². The Balaban J connectivity index is 1.93. The van der Waals surface area contributed by atoms with Gasteiger partial charge in [0.2, 0.25) is 0 Å². The second-order valence-corrected chi connectivity index (χ2v) is 5.11. The van der Waals surface area contributed by atoms with Crippen LogP contribution in [0, 0.1) is 0 Å². The zero-order valence-electron chi connectivity index (χ0n) is 11.1. The SMILES string of the molecule is CCCn1c(CCl)nnc1CCC1CCCCO1. The topological polar surface area (TPSA) is 39.9 Å². The van der Waals surface area contributed by atoms with Crippen molar-refractivity contribution >= 4 is 11.6 Å². The average molecular weight is 272 g/mol. The fraction of sp³-hybridized carbons (Fsp3) is 0.846. The first-order chi connectivity index (χ1) is 8.85. The lowest BCUT2D eigenvalue weighted by Crippen LogP contribution is -2.20. The van der Waals surface area contributed by atoms with Gasteiger partial charge >= 0.3 is 0 Å². The Hall–Kier alpha value is -0.610. The van der Waals surface area contributed by atoms with E-state index in [2.05, 4.69) is 21.7 Å². The Bertz CT molecular complexity index is 361. The summed E-state index contributed by atoms with van der Waals surface area (Å²) in [4.78, 5) is 0. The van der Waals surface area contributed by atoms with Gasteiger partial charge in [-0.05, 0) is 32.1 Å². The van der Waals surface area contributed by atoms with Gasteiger partial charge in [0.1, 0.15) is 11.6 Å². The highest BCUT2D eigenvalue weighted by Crippen LogP contribution is 2.18. The Morgan fingerprint density at radius 1 is 1.33 bits per heavy atom. The van der Waals surface area contributed by atoms with Gasteiger partial charge in [-0.1, -0.05) is 6.92 Å². The van der Waals surface area contributed by atoms with Gasteiger partial charge in [0.05, 0.1) is 12.0 Å². The molecule has 1 atom stereocenters. The van der Waals surface area contributed by atoms with E-state index in [0.29, 0.717) is 12.0 Å². The summed E-state index contributed by atoms with van der Waals surface area (Å²) in [5.74, 6) is 2.38. The van der Waals surface area contributed by atoms with Crippen molar-refractivity contribution in [1.29, 1.82) is 0 Å². The van der Waals surface area contributed by atoms with E-state index in [9.17, 15) is 0 Å². The maximum Gasteiger partial charge on any atom is 0.147 e. The predicted molar refractivity (Wildman–Crippen MR) is 71.8 cm³/mol. The van der Waals surface area contributed by atoms with Gasteiger partial charge < -0.3 is 9.30 Å². The van der Waals surface area contributed by atoms with Gasteiger partial charge in [-0.25, -0.2) is 0 Å². The van der Waals surface area contributed by atoms with E-state index in [0.717, 1.165) is 44.1 Å². The highest BCUT2D eigenvalue weighted by Gasteiger charge is 2.16. The first kappa shape index (κ1) is 13.8. The molecule has 102 valence electrons. The van der Waals surface area contributed by atoms with Gasteiger partial charge in [0.15, 0.2) is 0 Å². The van der Waals surface area contributed by atoms with Gasteiger partial charge in [0.25, 0.3) is 0 Å². The van der Waals surface area contributed by atoms with Gasteiger partial charge in [-0.3, -0.25) is 0 Å². The number of alkyl halides is 1. The van der Waals surface area contributed by atoms with E-state index in [4.69, 9.17) is 16.3 Å². The predicted octanol–water partition coefficient (Wildman–Crippen LogP) is 2.93. The molecule has 0 amide bonds. The van der Waals surface area contributed by atoms with Crippen LogP contribution < -0.4 is 0 Å². The summed E-state index contributed by atoms with van der Waals surface area (Å²) >= 11 is 5.88. The fourth-order valence-corrected chi connectivity index (χ4v) is 2.66. The maximum absolute atomic E-state index is 5.88. The van der Waals surface area contributed by atoms with Crippen LogP contribution in [0.2, 0.25) is 0 Å². The summed E-state index contributed by atoms with van der Waals surface area (Å²) in [7, 11) is 0. The van der Waals surface area contributed by atoms with Gasteiger partial charge in [0, 0.05) is 19.6 Å². The summed E-state index contributed by atoms with van der Waals surface area (Å²) < 4.78 is 7.91. The summed E-state index contributed by atoms with van der Waals surface area (Å²) in [5, 5.41) is 8.42. The number of hydrogen-bond donors (Lipinski definition) is 0. The summed E-state index contributed by atoms with van der Waals surface area (Å²) in [6, 6.07) is 0. The highest BCUT2D eigenvalue weighted by molar-refractivity contribution is 6.16. The van der Waals surface area contributed by atoms with Crippen LogP contribution >= 0.6 is 11.6 Å². The number of nitrogens with zero attached hydrogens (tertiary/aromatic N) is 3. The molecular formula is C13H22ClN3O. The minimum atomic E-state index is 0.407. The Kier molecular flexibility index (Phi) is 5.45. The van der Waals surface area contributed by atoms with Crippen molar-refractivity contribution in [2.75, 3.05) is 6.61 Å². The van der Waals surface area contributed by atoms with Crippen LogP contribution in [0.4, 0.5) is 0 Å². The summed E-state index contributed by atoms with van der Waals surface area (Å²) in [6.45, 7) is 4.03. The maximum atomic E-state index is 5.88. The zero-order valence-corrected chi connectivity index (χ0v) is 11.8. The zero-order chi connectivity index (χ0) is 12.8. The second kappa shape index (κ2) is 7.10. The van der Waals surface area contributed by atoms with Crippen molar-refractivity contribution < 1.29 is 4.74 Å². The van der Waals surface area contributed by atoms with Crippen molar-refractivity contribution in [3.05, 3.63) is 11.6 Å². The van der Waals surface area contributed by atoms with Crippen LogP contribution in [0.1, 0.15) is 50.7 Å². The van der Waals surface area contributed by atoms with Crippen molar-refractivity contribution in [2.45, 2.75) is 64.0 Å². The largest absolute Gasteiger partial charge is 0.378 e. The molecule has 1 aliphatic heterocycles. The molecule has 0 spiro atoms. The normalized spacial score (nSPS) is 20.2. The van der Waals surface area contributed by atoms with Crippen molar-refractivity contribution in [1.82, 2.24) is 14.8 Å². The first-order valence-electron chi connectivity index (χ1n) is 6.93. The molecule has 0 saturated carbocycles. The molecule has 4 nitrogen and oxygen atoms in total. The van der Waals surface area contributed by atoms with Crippen molar-refractivity contribution in [2.24, 2.45) is 0 Å². The minimum Gasteiger partial charge on any atom is -0.378 e. The molecule has 1 saturated heterocycles. The molecule has 0 radical (unpaired) electrons. The summed E-state index contributed by atoms with van der Waals surface area (Å²) in [5.41, 5.74) is 0. The molecule has 1 fully saturated rings. The van der Waals surface area contributed by atoms with E-state index >= 15 is 0 Å². The van der Waals surface area contributed by atoms with Gasteiger partial charge in [-0.15, -0.1) is 21.8 Å². The molecule has 0 aliphatic carbocycles. The highest BCUT2D eigenvalue weighted by atomic mass is 35.5. The Labute approximate surface area is 114 Å². The quantitative estimate of drug-likeness (QED) is 0.747. The third-order valence-electron chi connectivity index (χ3n) is 3.43. The molecule has 1 aromatic rings. The number of hydrogen-bond acceptors (Lipinski definition) is 3. The molecule has 18 heavy (non-hydrogen) atoms. The monoisotopic (exact) mass is 271 g/mol. The van der Waals surface area contributed by atoms with Gasteiger partial charge in [-0.2, -0.15) is 0 Å². The number of aryl methyl sites for hydroxylation is 1. The molecule has 0 aromatic carbocycles. The van der Waals surface area contributed by atoms with Crippen molar-refractivity contribution in [3.8, 4) is 0 Å². The van der Waals surface area contributed by atoms with Crippen molar-refractivity contribution in [3.63, 3.8) is 0 Å². The van der Waals surface area contributed by atoms with E-state index in [-0.39, 0.29) is 0 Å². The third kappa shape index (κ3) is 3.45. The number of halogens is 1. The van der Waals surface area contributed by atoms with Crippen LogP contribution in [-0.4, -0.2) is 27.5 Å². The molecule has 1 unspecified atom stereocenters. The Morgan fingerprint density at radius 2 is 2.17 bits per heavy atom. The number of aromatic nitrogens is 3. The van der Waals surface area contributed by atoms with Crippen LogP contribution in [0.15, 0.2) is 0 Å². The molecule has 0 N–H and O–H groups in total. The third-order valence-corrected chi connectivity index (χ3v) is 3.67. The molecule has 2 heterocycles. The van der Waals surface area contributed by atoms with Crippen LogP contribution in [0.5, 0.6) is 0 Å².